The molecule has 0 aromatic rings. The third kappa shape index (κ3) is 8.29. The fourth-order valence-electron chi connectivity index (χ4n) is 0.996. The van der Waals surface area contributed by atoms with Crippen molar-refractivity contribution in [2.45, 2.75) is 52.2 Å². The fourth-order valence-corrected chi connectivity index (χ4v) is 0.996. The summed E-state index contributed by atoms with van der Waals surface area (Å²) >= 11 is 0. The zero-order valence-corrected chi connectivity index (χ0v) is 10.8. The summed E-state index contributed by atoms with van der Waals surface area (Å²) in [5.41, 5.74) is -1.55. The van der Waals surface area contributed by atoms with Crippen LogP contribution in [-0.4, -0.2) is 28.9 Å². The predicted octanol–water partition coefficient (Wildman–Crippen LogP) is 2.23. The lowest BCUT2D eigenvalue weighted by molar-refractivity contribution is 0.0446. The molecule has 1 unspecified atom stereocenters. The maximum atomic E-state index is 11.3. The minimum atomic E-state index is -1.03. The molecule has 0 saturated heterocycles. The van der Waals surface area contributed by atoms with Gasteiger partial charge in [0.05, 0.1) is 12.1 Å². The van der Waals surface area contributed by atoms with Gasteiger partial charge in [0.25, 0.3) is 0 Å². The number of rotatable bonds is 4. The van der Waals surface area contributed by atoms with Gasteiger partial charge in [0.2, 0.25) is 0 Å². The maximum Gasteiger partial charge on any atom is 0.407 e. The van der Waals surface area contributed by atoms with Gasteiger partial charge in [-0.15, -0.1) is 0 Å². The molecule has 16 heavy (non-hydrogen) atoms. The summed E-state index contributed by atoms with van der Waals surface area (Å²) in [5.74, 6) is 0. The molecule has 0 aliphatic heterocycles. The number of carbonyl (C=O) groups excluding carboxylic acids is 1. The molecule has 1 atom stereocenters. The number of hydrogen-bond donors (Lipinski definition) is 2. The molecule has 0 aliphatic carbocycles. The Balaban J connectivity index is 4.05. The van der Waals surface area contributed by atoms with Gasteiger partial charge in [-0.25, -0.2) is 4.79 Å². The quantitative estimate of drug-likeness (QED) is 0.727. The molecule has 0 rings (SSSR count). The lowest BCUT2D eigenvalue weighted by Gasteiger charge is -2.23. The second kappa shape index (κ2) is 5.89. The fraction of sp³-hybridized carbons (Fsp3) is 0.750. The largest absolute Gasteiger partial charge is 0.444 e. The summed E-state index contributed by atoms with van der Waals surface area (Å²) in [4.78, 5) is 11.3. The van der Waals surface area contributed by atoms with E-state index in [0.29, 0.717) is 0 Å². The molecule has 0 fully saturated rings. The van der Waals surface area contributed by atoms with Gasteiger partial charge in [0, 0.05) is 0 Å². The first-order valence-corrected chi connectivity index (χ1v) is 5.53. The Morgan fingerprint density at radius 1 is 1.38 bits per heavy atom. The van der Waals surface area contributed by atoms with Crippen molar-refractivity contribution >= 4 is 6.09 Å². The monoisotopic (exact) mass is 229 g/mol. The first kappa shape index (κ1) is 15.0. The Morgan fingerprint density at radius 2 is 1.94 bits per heavy atom. The van der Waals surface area contributed by atoms with E-state index in [1.807, 2.05) is 13.0 Å². The average Bonchev–Trinajstić information content (AvgIpc) is 2.09. The van der Waals surface area contributed by atoms with Crippen LogP contribution >= 0.6 is 0 Å². The second-order valence-electron chi connectivity index (χ2n) is 5.02. The molecule has 2 N–H and O–H groups in total. The second-order valence-corrected chi connectivity index (χ2v) is 5.02. The number of hydrogen-bond acceptors (Lipinski definition) is 3. The van der Waals surface area contributed by atoms with Crippen molar-refractivity contribution in [3.8, 4) is 0 Å². The lowest BCUT2D eigenvalue weighted by atomic mass is 10.1. The summed E-state index contributed by atoms with van der Waals surface area (Å²) in [5, 5.41) is 12.4. The van der Waals surface area contributed by atoms with Crippen LogP contribution in [0.25, 0.3) is 0 Å². The van der Waals surface area contributed by atoms with Crippen LogP contribution < -0.4 is 5.32 Å². The molecule has 0 bridgehead atoms. The van der Waals surface area contributed by atoms with Crippen molar-refractivity contribution < 1.29 is 14.6 Å². The number of ether oxygens (including phenoxy) is 1. The molecule has 0 radical (unpaired) electrons. The van der Waals surface area contributed by atoms with Gasteiger partial charge in [-0.3, -0.25) is 0 Å². The molecule has 4 heteroatoms. The lowest BCUT2D eigenvalue weighted by Crippen LogP contribution is -2.41. The highest BCUT2D eigenvalue weighted by Crippen LogP contribution is 2.08. The van der Waals surface area contributed by atoms with E-state index < -0.39 is 17.3 Å². The van der Waals surface area contributed by atoms with Crippen LogP contribution in [0, 0.1) is 0 Å². The number of nitrogens with one attached hydrogen (secondary N) is 1. The van der Waals surface area contributed by atoms with Crippen LogP contribution in [0.3, 0.4) is 0 Å². The number of alkyl carbamates (subject to hydrolysis) is 1. The van der Waals surface area contributed by atoms with Gasteiger partial charge in [-0.2, -0.15) is 0 Å². The average molecular weight is 229 g/mol. The summed E-state index contributed by atoms with van der Waals surface area (Å²) in [7, 11) is 0. The van der Waals surface area contributed by atoms with E-state index in [1.54, 1.807) is 33.8 Å². The predicted molar refractivity (Wildman–Crippen MR) is 64.3 cm³/mol. The molecule has 0 aliphatic rings. The van der Waals surface area contributed by atoms with E-state index in [1.165, 1.54) is 0 Å². The van der Waals surface area contributed by atoms with Crippen molar-refractivity contribution in [2.75, 3.05) is 6.54 Å². The van der Waals surface area contributed by atoms with Crippen molar-refractivity contribution in [3.63, 3.8) is 0 Å². The topological polar surface area (TPSA) is 58.6 Å². The first-order valence-electron chi connectivity index (χ1n) is 5.53. The van der Waals surface area contributed by atoms with Crippen molar-refractivity contribution in [1.29, 1.82) is 0 Å². The highest BCUT2D eigenvalue weighted by Gasteiger charge is 2.20. The van der Waals surface area contributed by atoms with Gasteiger partial charge in [-0.05, 0) is 34.1 Å². The summed E-state index contributed by atoms with van der Waals surface area (Å²) in [6.07, 6.45) is 3.86. The van der Waals surface area contributed by atoms with E-state index in [0.717, 1.165) is 6.42 Å². The van der Waals surface area contributed by atoms with Gasteiger partial charge < -0.3 is 15.2 Å². The highest BCUT2D eigenvalue weighted by molar-refractivity contribution is 5.67. The molecule has 1 amide bonds. The van der Waals surface area contributed by atoms with Crippen LogP contribution in [0.15, 0.2) is 12.2 Å². The first-order chi connectivity index (χ1) is 7.16. The summed E-state index contributed by atoms with van der Waals surface area (Å²) < 4.78 is 5.05. The van der Waals surface area contributed by atoms with E-state index >= 15 is 0 Å². The van der Waals surface area contributed by atoms with Crippen LogP contribution in [0.4, 0.5) is 4.79 Å². The minimum absolute atomic E-state index is 0.137. The molecule has 0 saturated carbocycles. The Kier molecular flexibility index (Phi) is 5.51. The van der Waals surface area contributed by atoms with E-state index in [-0.39, 0.29) is 6.54 Å². The smallest absolute Gasteiger partial charge is 0.407 e. The molecule has 94 valence electrons. The molecular weight excluding hydrogens is 206 g/mol. The molecule has 0 aromatic carbocycles. The number of carbonyl (C=O) groups is 1. The zero-order valence-electron chi connectivity index (χ0n) is 10.8. The van der Waals surface area contributed by atoms with Crippen molar-refractivity contribution in [1.82, 2.24) is 5.32 Å². The molecule has 0 heterocycles. The van der Waals surface area contributed by atoms with Crippen LogP contribution in [0.5, 0.6) is 0 Å². The van der Waals surface area contributed by atoms with Gasteiger partial charge >= 0.3 is 6.09 Å². The van der Waals surface area contributed by atoms with Gasteiger partial charge in [-0.1, -0.05) is 19.1 Å². The SMILES string of the molecule is CC/C=C\C(C)(O)CNC(=O)OC(C)(C)C. The summed E-state index contributed by atoms with van der Waals surface area (Å²) in [6, 6.07) is 0. The van der Waals surface area contributed by atoms with Crippen LogP contribution in [0.1, 0.15) is 41.0 Å². The maximum absolute atomic E-state index is 11.3. The Bertz CT molecular complexity index is 251. The standard InChI is InChI=1S/C12H23NO3/c1-6-7-8-12(5,15)9-13-10(14)16-11(2,3)4/h7-8,15H,6,9H2,1-5H3,(H,13,14)/b8-7-. The molecule has 0 aromatic heterocycles. The third-order valence-electron chi connectivity index (χ3n) is 1.70. The Morgan fingerprint density at radius 3 is 2.38 bits per heavy atom. The summed E-state index contributed by atoms with van der Waals surface area (Å²) in [6.45, 7) is 9.13. The van der Waals surface area contributed by atoms with Crippen LogP contribution in [-0.2, 0) is 4.74 Å². The van der Waals surface area contributed by atoms with E-state index in [9.17, 15) is 9.90 Å². The number of allylic oxidation sites excluding steroid dienone is 1. The van der Waals surface area contributed by atoms with E-state index in [4.69, 9.17) is 4.74 Å². The van der Waals surface area contributed by atoms with Crippen molar-refractivity contribution in [3.05, 3.63) is 12.2 Å². The van der Waals surface area contributed by atoms with Crippen molar-refractivity contribution in [2.24, 2.45) is 0 Å². The Labute approximate surface area is 97.7 Å². The molecular formula is C12H23NO3. The number of amides is 1. The van der Waals surface area contributed by atoms with E-state index in [2.05, 4.69) is 5.32 Å². The third-order valence-corrected chi connectivity index (χ3v) is 1.70. The minimum Gasteiger partial charge on any atom is -0.444 e. The number of aliphatic hydroxyl groups is 1. The zero-order chi connectivity index (χ0) is 12.8. The van der Waals surface area contributed by atoms with Crippen LogP contribution in [0.2, 0.25) is 0 Å². The normalized spacial score (nSPS) is 15.9. The van der Waals surface area contributed by atoms with Gasteiger partial charge in [0.15, 0.2) is 0 Å². The molecule has 4 nitrogen and oxygen atoms in total. The van der Waals surface area contributed by atoms with Gasteiger partial charge in [0.1, 0.15) is 5.60 Å². The highest BCUT2D eigenvalue weighted by atomic mass is 16.6. The molecule has 0 spiro atoms. The Hall–Kier alpha value is -1.03.